The second-order valence-electron chi connectivity index (χ2n) is 3.11. The van der Waals surface area contributed by atoms with Crippen LogP contribution in [0, 0.1) is 0 Å². The Hall–Kier alpha value is -0.630. The lowest BCUT2D eigenvalue weighted by Crippen LogP contribution is -2.17. The van der Waals surface area contributed by atoms with Crippen LogP contribution in [0.2, 0.25) is 0 Å². The highest BCUT2D eigenvalue weighted by Gasteiger charge is 2.45. The predicted molar refractivity (Wildman–Crippen MR) is 38.8 cm³/mol. The second kappa shape index (κ2) is 2.20. The number of hydrogen-bond acceptors (Lipinski definition) is 2. The molecule has 0 aromatic carbocycles. The van der Waals surface area contributed by atoms with Crippen molar-refractivity contribution in [2.24, 2.45) is 0 Å². The first-order valence-corrected chi connectivity index (χ1v) is 3.38. The molecule has 1 aliphatic rings. The normalized spacial score (nSPS) is 29.5. The van der Waals surface area contributed by atoms with E-state index in [9.17, 15) is 4.79 Å². The largest absolute Gasteiger partial charge is 0.361 e. The van der Waals surface area contributed by atoms with E-state index in [1.807, 2.05) is 20.8 Å². The van der Waals surface area contributed by atoms with Crippen LogP contribution >= 0.6 is 0 Å². The van der Waals surface area contributed by atoms with E-state index in [-0.39, 0.29) is 5.78 Å². The zero-order chi connectivity index (χ0) is 7.78. The first-order valence-electron chi connectivity index (χ1n) is 3.38. The standard InChI is InChI=1S/C8H12O2/c1-6(2)4-7(9)8(3)5-10-8/h4H,5H2,1-3H3. The molecular weight excluding hydrogens is 128 g/mol. The van der Waals surface area contributed by atoms with Crippen molar-refractivity contribution < 1.29 is 9.53 Å². The van der Waals surface area contributed by atoms with E-state index in [0.29, 0.717) is 6.61 Å². The summed E-state index contributed by atoms with van der Waals surface area (Å²) < 4.78 is 4.96. The first kappa shape index (κ1) is 7.48. The summed E-state index contributed by atoms with van der Waals surface area (Å²) >= 11 is 0. The molecule has 0 saturated carbocycles. The van der Waals surface area contributed by atoms with Crippen LogP contribution < -0.4 is 0 Å². The maximum atomic E-state index is 11.1. The Morgan fingerprint density at radius 2 is 2.10 bits per heavy atom. The molecule has 56 valence electrons. The van der Waals surface area contributed by atoms with Crippen LogP contribution in [0.1, 0.15) is 20.8 Å². The quantitative estimate of drug-likeness (QED) is 0.427. The Morgan fingerprint density at radius 1 is 1.60 bits per heavy atom. The molecule has 1 saturated heterocycles. The van der Waals surface area contributed by atoms with E-state index in [2.05, 4.69) is 0 Å². The fraction of sp³-hybridized carbons (Fsp3) is 0.625. The van der Waals surface area contributed by atoms with E-state index < -0.39 is 5.60 Å². The van der Waals surface area contributed by atoms with E-state index >= 15 is 0 Å². The van der Waals surface area contributed by atoms with Gasteiger partial charge in [0.1, 0.15) is 0 Å². The molecule has 1 atom stereocenters. The number of ketones is 1. The Labute approximate surface area is 60.9 Å². The van der Waals surface area contributed by atoms with Gasteiger partial charge in [0.2, 0.25) is 0 Å². The minimum atomic E-state index is -0.475. The maximum Gasteiger partial charge on any atom is 0.189 e. The Kier molecular flexibility index (Phi) is 1.65. The lowest BCUT2D eigenvalue weighted by atomic mass is 10.1. The van der Waals surface area contributed by atoms with Crippen molar-refractivity contribution in [1.82, 2.24) is 0 Å². The molecule has 1 rings (SSSR count). The molecule has 0 N–H and O–H groups in total. The van der Waals surface area contributed by atoms with Gasteiger partial charge in [-0.25, -0.2) is 0 Å². The summed E-state index contributed by atoms with van der Waals surface area (Å²) in [5, 5.41) is 0. The van der Waals surface area contributed by atoms with Crippen molar-refractivity contribution in [1.29, 1.82) is 0 Å². The van der Waals surface area contributed by atoms with Crippen molar-refractivity contribution in [2.75, 3.05) is 6.61 Å². The van der Waals surface area contributed by atoms with Crippen LogP contribution in [-0.4, -0.2) is 18.0 Å². The lowest BCUT2D eigenvalue weighted by Gasteiger charge is -1.97. The first-order chi connectivity index (χ1) is 4.54. The molecule has 1 unspecified atom stereocenters. The van der Waals surface area contributed by atoms with E-state index in [1.165, 1.54) is 0 Å². The molecule has 2 nitrogen and oxygen atoms in total. The third kappa shape index (κ3) is 1.45. The molecule has 0 aromatic heterocycles. The van der Waals surface area contributed by atoms with Crippen LogP contribution in [0.15, 0.2) is 11.6 Å². The molecule has 10 heavy (non-hydrogen) atoms. The Morgan fingerprint density at radius 3 is 2.40 bits per heavy atom. The zero-order valence-electron chi connectivity index (χ0n) is 6.60. The van der Waals surface area contributed by atoms with Gasteiger partial charge in [-0.15, -0.1) is 0 Å². The van der Waals surface area contributed by atoms with Crippen LogP contribution in [0.4, 0.5) is 0 Å². The molecule has 0 spiro atoms. The molecule has 0 amide bonds. The summed E-state index contributed by atoms with van der Waals surface area (Å²) in [6.07, 6.45) is 1.63. The highest BCUT2D eigenvalue weighted by molar-refractivity contribution is 5.98. The minimum Gasteiger partial charge on any atom is -0.361 e. The molecule has 0 radical (unpaired) electrons. The van der Waals surface area contributed by atoms with Gasteiger partial charge in [-0.3, -0.25) is 4.79 Å². The third-order valence-electron chi connectivity index (χ3n) is 1.52. The SMILES string of the molecule is CC(C)=CC(=O)C1(C)CO1. The number of allylic oxidation sites excluding steroid dienone is 1. The Balaban J connectivity index is 2.59. The van der Waals surface area contributed by atoms with E-state index in [1.54, 1.807) is 6.08 Å². The average molecular weight is 140 g/mol. The summed E-state index contributed by atoms with van der Waals surface area (Å²) in [4.78, 5) is 11.1. The minimum absolute atomic E-state index is 0.0903. The molecule has 0 bridgehead atoms. The molecule has 0 aromatic rings. The predicted octanol–water partition coefficient (Wildman–Crippen LogP) is 1.31. The summed E-state index contributed by atoms with van der Waals surface area (Å²) in [7, 11) is 0. The highest BCUT2D eigenvalue weighted by Crippen LogP contribution is 2.27. The molecule has 2 heteroatoms. The zero-order valence-corrected chi connectivity index (χ0v) is 6.60. The number of carbonyl (C=O) groups excluding carboxylic acids is 1. The number of rotatable bonds is 2. The van der Waals surface area contributed by atoms with Crippen LogP contribution in [0.5, 0.6) is 0 Å². The van der Waals surface area contributed by atoms with Gasteiger partial charge in [0.15, 0.2) is 11.4 Å². The summed E-state index contributed by atoms with van der Waals surface area (Å²) in [6, 6.07) is 0. The molecule has 1 fully saturated rings. The second-order valence-corrected chi connectivity index (χ2v) is 3.11. The lowest BCUT2D eigenvalue weighted by molar-refractivity contribution is -0.118. The van der Waals surface area contributed by atoms with Gasteiger partial charge < -0.3 is 4.74 Å². The number of epoxide rings is 1. The maximum absolute atomic E-state index is 11.1. The monoisotopic (exact) mass is 140 g/mol. The Bertz CT molecular complexity index is 183. The van der Waals surface area contributed by atoms with Crippen molar-refractivity contribution in [2.45, 2.75) is 26.4 Å². The van der Waals surface area contributed by atoms with E-state index in [4.69, 9.17) is 4.74 Å². The summed E-state index contributed by atoms with van der Waals surface area (Å²) in [6.45, 7) is 6.21. The van der Waals surface area contributed by atoms with Gasteiger partial charge in [0.25, 0.3) is 0 Å². The molecule has 1 heterocycles. The van der Waals surface area contributed by atoms with Gasteiger partial charge in [0.05, 0.1) is 6.61 Å². The topological polar surface area (TPSA) is 29.6 Å². The molecular formula is C8H12O2. The molecule has 1 aliphatic heterocycles. The van der Waals surface area contributed by atoms with Gasteiger partial charge in [-0.1, -0.05) is 5.57 Å². The average Bonchev–Trinajstić information content (AvgIpc) is 2.47. The van der Waals surface area contributed by atoms with Gasteiger partial charge in [-0.05, 0) is 26.8 Å². The number of ether oxygens (including phenoxy) is 1. The van der Waals surface area contributed by atoms with Gasteiger partial charge in [0, 0.05) is 0 Å². The van der Waals surface area contributed by atoms with Crippen molar-refractivity contribution in [3.8, 4) is 0 Å². The number of hydrogen-bond donors (Lipinski definition) is 0. The fourth-order valence-electron chi connectivity index (χ4n) is 0.665. The van der Waals surface area contributed by atoms with Gasteiger partial charge >= 0.3 is 0 Å². The fourth-order valence-corrected chi connectivity index (χ4v) is 0.665. The number of carbonyl (C=O) groups is 1. The van der Waals surface area contributed by atoms with Crippen molar-refractivity contribution in [3.63, 3.8) is 0 Å². The third-order valence-corrected chi connectivity index (χ3v) is 1.52. The van der Waals surface area contributed by atoms with Crippen molar-refractivity contribution >= 4 is 5.78 Å². The summed E-state index contributed by atoms with van der Waals surface area (Å²) in [5.41, 5.74) is 0.554. The van der Waals surface area contributed by atoms with Crippen molar-refractivity contribution in [3.05, 3.63) is 11.6 Å². The van der Waals surface area contributed by atoms with Gasteiger partial charge in [-0.2, -0.15) is 0 Å². The van der Waals surface area contributed by atoms with E-state index in [0.717, 1.165) is 5.57 Å². The summed E-state index contributed by atoms with van der Waals surface area (Å²) in [5.74, 6) is 0.0903. The van der Waals surface area contributed by atoms with Crippen LogP contribution in [0.3, 0.4) is 0 Å². The molecule has 0 aliphatic carbocycles. The highest BCUT2D eigenvalue weighted by atomic mass is 16.6. The van der Waals surface area contributed by atoms with Crippen LogP contribution in [0.25, 0.3) is 0 Å². The van der Waals surface area contributed by atoms with Crippen LogP contribution in [-0.2, 0) is 9.53 Å². The smallest absolute Gasteiger partial charge is 0.189 e.